The van der Waals surface area contributed by atoms with Crippen LogP contribution in [0.4, 0.5) is 0 Å². The van der Waals surface area contributed by atoms with Gasteiger partial charge in [-0.2, -0.15) is 0 Å². The van der Waals surface area contributed by atoms with Crippen LogP contribution in [-0.2, 0) is 11.2 Å². The molecule has 0 aromatic heterocycles. The Hall–Kier alpha value is -1.35. The second-order valence-corrected chi connectivity index (χ2v) is 8.01. The molecule has 1 aromatic carbocycles. The van der Waals surface area contributed by atoms with Crippen LogP contribution >= 0.6 is 0 Å². The first kappa shape index (κ1) is 15.2. The Kier molecular flexibility index (Phi) is 3.53. The molecule has 0 saturated heterocycles. The molecule has 0 aliphatic heterocycles. The van der Waals surface area contributed by atoms with Gasteiger partial charge in [0, 0.05) is 6.92 Å². The van der Waals surface area contributed by atoms with Gasteiger partial charge in [0.15, 0.2) is 0 Å². The summed E-state index contributed by atoms with van der Waals surface area (Å²) in [6, 6.07) is 6.18. The van der Waals surface area contributed by atoms with Gasteiger partial charge in [-0.05, 0) is 85.0 Å². The fourth-order valence-electron chi connectivity index (χ4n) is 5.76. The standard InChI is InChI=1S/C20H26O3/c1-12(21)23-14-4-6-15-13(11-14)3-5-17-16(15)9-10-20(2)18(17)7-8-19(20)22/h4,6,11,16-19,22H,3,5,7-10H2,1-2H3/t16?,17-,18?,19+,20+/m0/s1. The summed E-state index contributed by atoms with van der Waals surface area (Å²) in [5.74, 6) is 2.41. The van der Waals surface area contributed by atoms with E-state index in [2.05, 4.69) is 19.1 Å². The van der Waals surface area contributed by atoms with E-state index in [0.717, 1.165) is 19.3 Å². The number of rotatable bonds is 1. The lowest BCUT2D eigenvalue weighted by molar-refractivity contribution is -0.131. The Morgan fingerprint density at radius 2 is 2.09 bits per heavy atom. The number of benzene rings is 1. The van der Waals surface area contributed by atoms with Gasteiger partial charge in [-0.1, -0.05) is 13.0 Å². The van der Waals surface area contributed by atoms with Gasteiger partial charge in [-0.15, -0.1) is 0 Å². The number of aryl methyl sites for hydroxylation is 1. The van der Waals surface area contributed by atoms with Gasteiger partial charge >= 0.3 is 5.97 Å². The summed E-state index contributed by atoms with van der Waals surface area (Å²) < 4.78 is 5.24. The molecule has 23 heavy (non-hydrogen) atoms. The third-order valence-corrected chi connectivity index (χ3v) is 6.91. The van der Waals surface area contributed by atoms with Gasteiger partial charge in [-0.25, -0.2) is 0 Å². The fourth-order valence-corrected chi connectivity index (χ4v) is 5.76. The normalized spacial score (nSPS) is 38.4. The molecule has 0 amide bonds. The summed E-state index contributed by atoms with van der Waals surface area (Å²) in [6.07, 6.45) is 6.62. The summed E-state index contributed by atoms with van der Waals surface area (Å²) in [4.78, 5) is 11.2. The summed E-state index contributed by atoms with van der Waals surface area (Å²) in [6.45, 7) is 3.76. The molecule has 124 valence electrons. The van der Waals surface area contributed by atoms with Gasteiger partial charge in [0.05, 0.1) is 6.10 Å². The summed E-state index contributed by atoms with van der Waals surface area (Å²) in [5, 5.41) is 10.4. The molecule has 0 spiro atoms. The van der Waals surface area contributed by atoms with E-state index in [1.807, 2.05) is 6.07 Å². The average molecular weight is 314 g/mol. The van der Waals surface area contributed by atoms with Crippen molar-refractivity contribution in [2.45, 2.75) is 64.4 Å². The number of ether oxygens (including phenoxy) is 1. The zero-order valence-corrected chi connectivity index (χ0v) is 14.0. The molecule has 3 aliphatic rings. The minimum atomic E-state index is -0.257. The molecule has 0 heterocycles. The minimum absolute atomic E-state index is 0.110. The Morgan fingerprint density at radius 3 is 2.87 bits per heavy atom. The number of esters is 1. The highest BCUT2D eigenvalue weighted by Gasteiger charge is 2.54. The van der Waals surface area contributed by atoms with E-state index in [1.54, 1.807) is 0 Å². The molecule has 0 bridgehead atoms. The maximum Gasteiger partial charge on any atom is 0.308 e. The first-order valence-corrected chi connectivity index (χ1v) is 8.98. The zero-order chi connectivity index (χ0) is 16.2. The third-order valence-electron chi connectivity index (χ3n) is 6.91. The molecule has 3 nitrogen and oxygen atoms in total. The number of aliphatic hydroxyl groups is 1. The highest BCUT2D eigenvalue weighted by molar-refractivity contribution is 5.69. The van der Waals surface area contributed by atoms with Crippen molar-refractivity contribution in [3.05, 3.63) is 29.3 Å². The van der Waals surface area contributed by atoms with Gasteiger partial charge < -0.3 is 9.84 Å². The van der Waals surface area contributed by atoms with Crippen LogP contribution in [0.3, 0.4) is 0 Å². The van der Waals surface area contributed by atoms with Crippen molar-refractivity contribution in [2.24, 2.45) is 17.3 Å². The van der Waals surface area contributed by atoms with Gasteiger partial charge in [0.2, 0.25) is 0 Å². The number of hydrogen-bond donors (Lipinski definition) is 1. The van der Waals surface area contributed by atoms with E-state index in [4.69, 9.17) is 4.74 Å². The maximum absolute atomic E-state index is 11.2. The Balaban J connectivity index is 1.63. The van der Waals surface area contributed by atoms with E-state index < -0.39 is 0 Å². The molecule has 1 aromatic rings. The van der Waals surface area contributed by atoms with Crippen LogP contribution in [0.5, 0.6) is 5.75 Å². The topological polar surface area (TPSA) is 46.5 Å². The maximum atomic E-state index is 11.2. The van der Waals surface area contributed by atoms with E-state index >= 15 is 0 Å². The number of fused-ring (bicyclic) bond motifs is 5. The zero-order valence-electron chi connectivity index (χ0n) is 14.0. The lowest BCUT2D eigenvalue weighted by Gasteiger charge is -2.50. The van der Waals surface area contributed by atoms with Crippen LogP contribution in [0.25, 0.3) is 0 Å². The fraction of sp³-hybridized carbons (Fsp3) is 0.650. The minimum Gasteiger partial charge on any atom is -0.427 e. The Bertz CT molecular complexity index is 638. The van der Waals surface area contributed by atoms with Crippen molar-refractivity contribution in [1.29, 1.82) is 0 Å². The van der Waals surface area contributed by atoms with Crippen LogP contribution in [0, 0.1) is 17.3 Å². The smallest absolute Gasteiger partial charge is 0.308 e. The van der Waals surface area contributed by atoms with E-state index in [-0.39, 0.29) is 17.5 Å². The molecule has 1 N–H and O–H groups in total. The summed E-state index contributed by atoms with van der Waals surface area (Å²) in [5.41, 5.74) is 2.95. The largest absolute Gasteiger partial charge is 0.427 e. The monoisotopic (exact) mass is 314 g/mol. The third kappa shape index (κ3) is 2.32. The van der Waals surface area contributed by atoms with E-state index in [0.29, 0.717) is 23.5 Å². The van der Waals surface area contributed by atoms with Crippen LogP contribution in [0.2, 0.25) is 0 Å². The first-order valence-electron chi connectivity index (χ1n) is 8.98. The molecular formula is C20H26O3. The molecule has 2 saturated carbocycles. The Labute approximate surface area is 138 Å². The molecule has 0 radical (unpaired) electrons. The molecule has 2 fully saturated rings. The first-order chi connectivity index (χ1) is 11.0. The predicted molar refractivity (Wildman–Crippen MR) is 88.4 cm³/mol. The molecule has 5 atom stereocenters. The van der Waals surface area contributed by atoms with Crippen LogP contribution in [-0.4, -0.2) is 17.2 Å². The number of carbonyl (C=O) groups is 1. The molecule has 2 unspecified atom stereocenters. The van der Waals surface area contributed by atoms with Crippen molar-refractivity contribution in [3.63, 3.8) is 0 Å². The summed E-state index contributed by atoms with van der Waals surface area (Å²) in [7, 11) is 0. The molecule has 3 heteroatoms. The van der Waals surface area contributed by atoms with Crippen LogP contribution < -0.4 is 4.74 Å². The van der Waals surface area contributed by atoms with Gasteiger partial charge in [0.25, 0.3) is 0 Å². The van der Waals surface area contributed by atoms with Crippen molar-refractivity contribution in [1.82, 2.24) is 0 Å². The molecule has 3 aliphatic carbocycles. The van der Waals surface area contributed by atoms with Crippen molar-refractivity contribution < 1.29 is 14.6 Å². The molecular weight excluding hydrogens is 288 g/mol. The number of carbonyl (C=O) groups excluding carboxylic acids is 1. The highest BCUT2D eigenvalue weighted by Crippen LogP contribution is 2.60. The second-order valence-electron chi connectivity index (χ2n) is 8.01. The highest BCUT2D eigenvalue weighted by atomic mass is 16.5. The van der Waals surface area contributed by atoms with E-state index in [9.17, 15) is 9.90 Å². The van der Waals surface area contributed by atoms with Gasteiger partial charge in [-0.3, -0.25) is 4.79 Å². The summed E-state index contributed by atoms with van der Waals surface area (Å²) >= 11 is 0. The van der Waals surface area contributed by atoms with Crippen LogP contribution in [0.1, 0.15) is 63.0 Å². The average Bonchev–Trinajstić information content (AvgIpc) is 2.82. The van der Waals surface area contributed by atoms with Crippen molar-refractivity contribution in [2.75, 3.05) is 0 Å². The number of hydrogen-bond acceptors (Lipinski definition) is 3. The van der Waals surface area contributed by atoms with Crippen LogP contribution in [0.15, 0.2) is 18.2 Å². The Morgan fingerprint density at radius 1 is 1.26 bits per heavy atom. The predicted octanol–water partition coefficient (Wildman–Crippen LogP) is 3.83. The van der Waals surface area contributed by atoms with Gasteiger partial charge in [0.1, 0.15) is 5.75 Å². The van der Waals surface area contributed by atoms with Crippen molar-refractivity contribution >= 4 is 5.97 Å². The molecule has 4 rings (SSSR count). The SMILES string of the molecule is CC(=O)Oc1ccc2c(c1)CC[C@H]1C2CC[C@]2(C)C1CC[C@H]2O. The lowest BCUT2D eigenvalue weighted by Crippen LogP contribution is -2.43. The van der Waals surface area contributed by atoms with E-state index in [1.165, 1.54) is 37.3 Å². The van der Waals surface area contributed by atoms with Crippen molar-refractivity contribution in [3.8, 4) is 5.75 Å². The lowest BCUT2D eigenvalue weighted by atomic mass is 9.55. The quantitative estimate of drug-likeness (QED) is 0.633. The number of aliphatic hydroxyl groups excluding tert-OH is 1. The second kappa shape index (κ2) is 5.34.